The van der Waals surface area contributed by atoms with Crippen molar-refractivity contribution in [3.05, 3.63) is 100 Å². The van der Waals surface area contributed by atoms with Crippen LogP contribution in [0.5, 0.6) is 0 Å². The Balaban J connectivity index is 1.75. The molecule has 0 unspecified atom stereocenters. The first-order valence-corrected chi connectivity index (χ1v) is 9.29. The van der Waals surface area contributed by atoms with Crippen LogP contribution in [-0.4, -0.2) is 29.1 Å². The topological polar surface area (TPSA) is 83.5 Å². The van der Waals surface area contributed by atoms with Gasteiger partial charge in [0.15, 0.2) is 0 Å². The van der Waals surface area contributed by atoms with Crippen molar-refractivity contribution in [3.63, 3.8) is 0 Å². The molecule has 0 bridgehead atoms. The maximum atomic E-state index is 12.5. The first-order chi connectivity index (χ1) is 13.6. The quantitative estimate of drug-likeness (QED) is 0.458. The van der Waals surface area contributed by atoms with Crippen molar-refractivity contribution in [1.82, 2.24) is 15.7 Å². The van der Waals surface area contributed by atoms with Crippen molar-refractivity contribution in [1.29, 1.82) is 0 Å². The Kier molecular flexibility index (Phi) is 6.64. The number of carbonyl (C=O) groups is 2. The normalized spacial score (nSPS) is 11.0. The van der Waals surface area contributed by atoms with E-state index in [4.69, 9.17) is 0 Å². The molecule has 28 heavy (non-hydrogen) atoms. The first kappa shape index (κ1) is 19.4. The summed E-state index contributed by atoms with van der Waals surface area (Å²) in [6.45, 7) is 0.150. The van der Waals surface area contributed by atoms with Gasteiger partial charge in [-0.2, -0.15) is 5.10 Å². The van der Waals surface area contributed by atoms with E-state index in [0.717, 1.165) is 5.56 Å². The van der Waals surface area contributed by atoms with E-state index in [2.05, 4.69) is 36.8 Å². The number of pyridine rings is 1. The van der Waals surface area contributed by atoms with Crippen LogP contribution in [0.15, 0.2) is 88.7 Å². The standard InChI is InChI=1S/C21H17BrN4O2/c22-18-11-5-4-10-17(18)21(28)24-14-19(15-7-2-1-3-8-15)25-26-20(27)16-9-6-12-23-13-16/h1-13H,14H2,(H,24,28)(H,26,27)/b25-19-. The Bertz CT molecular complexity index is 992. The number of hydrazone groups is 1. The van der Waals surface area contributed by atoms with E-state index < -0.39 is 0 Å². The van der Waals surface area contributed by atoms with Gasteiger partial charge in [0.2, 0.25) is 0 Å². The van der Waals surface area contributed by atoms with Crippen LogP contribution < -0.4 is 10.7 Å². The molecule has 0 aliphatic heterocycles. The Morgan fingerprint density at radius 1 is 0.893 bits per heavy atom. The molecule has 1 heterocycles. The molecule has 0 atom stereocenters. The second kappa shape index (κ2) is 9.57. The summed E-state index contributed by atoms with van der Waals surface area (Å²) in [6.07, 6.45) is 3.05. The molecule has 140 valence electrons. The van der Waals surface area contributed by atoms with E-state index in [0.29, 0.717) is 21.3 Å². The van der Waals surface area contributed by atoms with Gasteiger partial charge in [-0.1, -0.05) is 42.5 Å². The van der Waals surface area contributed by atoms with Crippen molar-refractivity contribution in [2.75, 3.05) is 6.54 Å². The SMILES string of the molecule is O=C(N/N=C(/CNC(=O)c1ccccc1Br)c1ccccc1)c1cccnc1. The summed E-state index contributed by atoms with van der Waals surface area (Å²) < 4.78 is 0.704. The monoisotopic (exact) mass is 436 g/mol. The van der Waals surface area contributed by atoms with Gasteiger partial charge in [-0.15, -0.1) is 0 Å². The van der Waals surface area contributed by atoms with Crippen LogP contribution in [0.1, 0.15) is 26.3 Å². The highest BCUT2D eigenvalue weighted by Gasteiger charge is 2.12. The fourth-order valence-electron chi connectivity index (χ4n) is 2.42. The minimum absolute atomic E-state index is 0.150. The molecule has 0 aliphatic carbocycles. The smallest absolute Gasteiger partial charge is 0.272 e. The zero-order valence-electron chi connectivity index (χ0n) is 14.8. The third-order valence-electron chi connectivity index (χ3n) is 3.86. The van der Waals surface area contributed by atoms with Gasteiger partial charge in [-0.05, 0) is 45.8 Å². The lowest BCUT2D eigenvalue weighted by molar-refractivity contribution is 0.0951. The molecule has 0 radical (unpaired) electrons. The average molecular weight is 437 g/mol. The number of hydrogen-bond acceptors (Lipinski definition) is 4. The number of hydrogen-bond donors (Lipinski definition) is 2. The van der Waals surface area contributed by atoms with Gasteiger partial charge in [0, 0.05) is 16.9 Å². The Morgan fingerprint density at radius 2 is 1.61 bits per heavy atom. The number of carbonyl (C=O) groups excluding carboxylic acids is 2. The molecule has 0 spiro atoms. The summed E-state index contributed by atoms with van der Waals surface area (Å²) in [5, 5.41) is 7.06. The minimum atomic E-state index is -0.376. The highest BCUT2D eigenvalue weighted by atomic mass is 79.9. The van der Waals surface area contributed by atoms with E-state index in [1.807, 2.05) is 36.4 Å². The fraction of sp³-hybridized carbons (Fsp3) is 0.0476. The molecular formula is C21H17BrN4O2. The highest BCUT2D eigenvalue weighted by molar-refractivity contribution is 9.10. The first-order valence-electron chi connectivity index (χ1n) is 8.50. The minimum Gasteiger partial charge on any atom is -0.346 e. The van der Waals surface area contributed by atoms with Gasteiger partial charge in [0.1, 0.15) is 0 Å². The highest BCUT2D eigenvalue weighted by Crippen LogP contribution is 2.15. The lowest BCUT2D eigenvalue weighted by Crippen LogP contribution is -2.32. The van der Waals surface area contributed by atoms with Crippen molar-refractivity contribution >= 4 is 33.5 Å². The van der Waals surface area contributed by atoms with E-state index in [1.54, 1.807) is 36.5 Å². The number of benzene rings is 2. The number of nitrogens with one attached hydrogen (secondary N) is 2. The van der Waals surface area contributed by atoms with Gasteiger partial charge >= 0.3 is 0 Å². The molecule has 0 fully saturated rings. The molecule has 7 heteroatoms. The summed E-state index contributed by atoms with van der Waals surface area (Å²) in [7, 11) is 0. The molecule has 2 amide bonds. The lowest BCUT2D eigenvalue weighted by atomic mass is 10.1. The zero-order chi connectivity index (χ0) is 19.8. The van der Waals surface area contributed by atoms with E-state index >= 15 is 0 Å². The second-order valence-corrected chi connectivity index (χ2v) is 6.62. The van der Waals surface area contributed by atoms with Crippen LogP contribution in [0, 0.1) is 0 Å². The lowest BCUT2D eigenvalue weighted by Gasteiger charge is -2.10. The van der Waals surface area contributed by atoms with Crippen LogP contribution >= 0.6 is 15.9 Å². The van der Waals surface area contributed by atoms with E-state index in [1.165, 1.54) is 6.20 Å². The summed E-state index contributed by atoms with van der Waals surface area (Å²) in [5.41, 5.74) is 4.76. The van der Waals surface area contributed by atoms with Gasteiger partial charge in [-0.25, -0.2) is 5.43 Å². The number of amides is 2. The number of nitrogens with zero attached hydrogens (tertiary/aromatic N) is 2. The number of halogens is 1. The van der Waals surface area contributed by atoms with Crippen molar-refractivity contribution < 1.29 is 9.59 Å². The van der Waals surface area contributed by atoms with Gasteiger partial charge in [0.25, 0.3) is 11.8 Å². The molecule has 0 saturated carbocycles. The van der Waals surface area contributed by atoms with Crippen molar-refractivity contribution in [2.24, 2.45) is 5.10 Å². The number of rotatable bonds is 6. The predicted molar refractivity (Wildman–Crippen MR) is 111 cm³/mol. The largest absolute Gasteiger partial charge is 0.346 e. The maximum absolute atomic E-state index is 12.5. The Labute approximate surface area is 170 Å². The maximum Gasteiger partial charge on any atom is 0.272 e. The van der Waals surface area contributed by atoms with Crippen LogP contribution in [0.4, 0.5) is 0 Å². The molecule has 2 N–H and O–H groups in total. The molecule has 2 aromatic carbocycles. The van der Waals surface area contributed by atoms with E-state index in [-0.39, 0.29) is 18.4 Å². The van der Waals surface area contributed by atoms with Crippen LogP contribution in [0.2, 0.25) is 0 Å². The van der Waals surface area contributed by atoms with E-state index in [9.17, 15) is 9.59 Å². The second-order valence-electron chi connectivity index (χ2n) is 5.77. The molecular weight excluding hydrogens is 420 g/mol. The number of aromatic nitrogens is 1. The third kappa shape index (κ3) is 5.11. The average Bonchev–Trinajstić information content (AvgIpc) is 2.75. The third-order valence-corrected chi connectivity index (χ3v) is 4.55. The molecule has 3 aromatic rings. The summed E-state index contributed by atoms with van der Waals surface area (Å²) in [6, 6.07) is 19.8. The van der Waals surface area contributed by atoms with Crippen molar-refractivity contribution in [2.45, 2.75) is 0 Å². The predicted octanol–water partition coefficient (Wildman–Crippen LogP) is 3.41. The van der Waals surface area contributed by atoms with Crippen LogP contribution in [0.3, 0.4) is 0 Å². The summed E-state index contributed by atoms with van der Waals surface area (Å²) in [4.78, 5) is 28.6. The Morgan fingerprint density at radius 3 is 2.32 bits per heavy atom. The summed E-state index contributed by atoms with van der Waals surface area (Å²) >= 11 is 3.37. The van der Waals surface area contributed by atoms with Gasteiger partial charge in [0.05, 0.1) is 23.4 Å². The molecule has 1 aromatic heterocycles. The fourth-order valence-corrected chi connectivity index (χ4v) is 2.89. The van der Waals surface area contributed by atoms with Gasteiger partial charge in [-0.3, -0.25) is 14.6 Å². The molecule has 3 rings (SSSR count). The van der Waals surface area contributed by atoms with Crippen LogP contribution in [0.25, 0.3) is 0 Å². The van der Waals surface area contributed by atoms with Gasteiger partial charge < -0.3 is 5.32 Å². The zero-order valence-corrected chi connectivity index (χ0v) is 16.4. The molecule has 0 saturated heterocycles. The van der Waals surface area contributed by atoms with Crippen molar-refractivity contribution in [3.8, 4) is 0 Å². The Hall–Kier alpha value is -3.32. The summed E-state index contributed by atoms with van der Waals surface area (Å²) in [5.74, 6) is -0.617. The van der Waals surface area contributed by atoms with Crippen LogP contribution in [-0.2, 0) is 0 Å². The molecule has 6 nitrogen and oxygen atoms in total. The molecule has 0 aliphatic rings.